The van der Waals surface area contributed by atoms with Crippen molar-refractivity contribution in [3.63, 3.8) is 0 Å². The maximum atomic E-state index is 8.88. The van der Waals surface area contributed by atoms with Gasteiger partial charge < -0.3 is 14.7 Å². The SMILES string of the molecule is CC[CH](N)[K].O=P(O)(O)O. The van der Waals surface area contributed by atoms with Crippen LogP contribution in [0.3, 0.4) is 0 Å². The fraction of sp³-hybridized carbons (Fsp3) is 1.00. The van der Waals surface area contributed by atoms with Crippen molar-refractivity contribution in [3.05, 3.63) is 0 Å². The van der Waals surface area contributed by atoms with Gasteiger partial charge in [-0.25, -0.2) is 4.57 Å². The molecule has 0 aliphatic heterocycles. The standard InChI is InChI=1S/C3H8N.K.H3O4P/c1-2-3-4;;1-5(2,3)4/h3H,2,4H2,1H3;;(H3,1,2,3,4). The van der Waals surface area contributed by atoms with Crippen molar-refractivity contribution in [2.75, 3.05) is 0 Å². The van der Waals surface area contributed by atoms with Crippen LogP contribution in [0.5, 0.6) is 0 Å². The molecule has 0 radical (unpaired) electrons. The van der Waals surface area contributed by atoms with Gasteiger partial charge in [0.25, 0.3) is 0 Å². The van der Waals surface area contributed by atoms with Crippen LogP contribution < -0.4 is 5.73 Å². The Morgan fingerprint density at radius 1 is 1.60 bits per heavy atom. The molecular formula is C3H11KNO4P. The molecule has 5 nitrogen and oxygen atoms in total. The molecule has 0 aromatic carbocycles. The first-order valence-electron chi connectivity index (χ1n) is 2.81. The van der Waals surface area contributed by atoms with Gasteiger partial charge in [-0.05, 0) is 0 Å². The Morgan fingerprint density at radius 2 is 1.70 bits per heavy atom. The van der Waals surface area contributed by atoms with Crippen molar-refractivity contribution in [3.8, 4) is 0 Å². The van der Waals surface area contributed by atoms with E-state index in [2.05, 4.69) is 6.92 Å². The monoisotopic (exact) mass is 195 g/mol. The van der Waals surface area contributed by atoms with E-state index in [0.29, 0.717) is 0.136 Å². The second-order valence-electron chi connectivity index (χ2n) is 1.90. The zero-order valence-electron chi connectivity index (χ0n) is 6.06. The molecule has 0 fully saturated rings. The number of hydrogen-bond acceptors (Lipinski definition) is 2. The first kappa shape index (κ1) is 14.2. The molecule has 0 bridgehead atoms. The summed E-state index contributed by atoms with van der Waals surface area (Å²) in [5, 5.41) is 0. The van der Waals surface area contributed by atoms with Gasteiger partial charge in [-0.3, -0.25) is 0 Å². The smallest absolute Gasteiger partial charge is 0.303 e. The van der Waals surface area contributed by atoms with Gasteiger partial charge in [0.05, 0.1) is 0 Å². The van der Waals surface area contributed by atoms with E-state index in [-0.39, 0.29) is 0 Å². The molecule has 10 heavy (non-hydrogen) atoms. The van der Waals surface area contributed by atoms with Gasteiger partial charge in [0.15, 0.2) is 0 Å². The Labute approximate surface area is 93.8 Å². The molecule has 7 heteroatoms. The Morgan fingerprint density at radius 3 is 1.70 bits per heavy atom. The van der Waals surface area contributed by atoms with Crippen LogP contribution in [0, 0.1) is 0 Å². The van der Waals surface area contributed by atoms with E-state index in [9.17, 15) is 0 Å². The number of rotatable bonds is 1. The van der Waals surface area contributed by atoms with Crippen molar-refractivity contribution in [1.29, 1.82) is 0 Å². The summed E-state index contributed by atoms with van der Waals surface area (Å²) in [6.45, 7) is 2.12. The third-order valence-corrected chi connectivity index (χ3v) is 1.92. The molecule has 0 aliphatic carbocycles. The molecule has 0 rings (SSSR count). The largest absolute Gasteiger partial charge is 0.466 e. The van der Waals surface area contributed by atoms with E-state index in [1.807, 2.05) is 0 Å². The molecule has 1 unspecified atom stereocenters. The summed E-state index contributed by atoms with van der Waals surface area (Å²) in [4.78, 5) is 21.6. The zero-order valence-corrected chi connectivity index (χ0v) is 10.1. The van der Waals surface area contributed by atoms with Crippen molar-refractivity contribution < 1.29 is 19.2 Å². The van der Waals surface area contributed by atoms with Crippen molar-refractivity contribution in [2.45, 2.75) is 13.5 Å². The molecule has 0 amide bonds. The summed E-state index contributed by atoms with van der Waals surface area (Å²) in [6, 6.07) is 0. The van der Waals surface area contributed by atoms with E-state index in [4.69, 9.17) is 25.0 Å². The van der Waals surface area contributed by atoms with Crippen LogP contribution in [0.1, 0.15) is 13.3 Å². The molecule has 0 aromatic rings. The van der Waals surface area contributed by atoms with E-state index >= 15 is 0 Å². The van der Waals surface area contributed by atoms with Gasteiger partial charge in [-0.15, -0.1) is 0 Å². The van der Waals surface area contributed by atoms with Crippen LogP contribution in [0.25, 0.3) is 0 Å². The third-order valence-electron chi connectivity index (χ3n) is 0.644. The Hall–Kier alpha value is 1.71. The second kappa shape index (κ2) is 7.36. The topological polar surface area (TPSA) is 104 Å². The summed E-state index contributed by atoms with van der Waals surface area (Å²) < 4.78 is 9.45. The quantitative estimate of drug-likeness (QED) is 0.315. The first-order chi connectivity index (χ1) is 4.27. The Kier molecular flexibility index (Phi) is 10.5. The maximum Gasteiger partial charge on any atom is 0.466 e. The molecule has 0 saturated heterocycles. The Balaban J connectivity index is 0. The molecule has 5 N–H and O–H groups in total. The summed E-state index contributed by atoms with van der Waals surface area (Å²) in [6.07, 6.45) is 1.17. The molecule has 58 valence electrons. The molecule has 0 spiro atoms. The minimum absolute atomic E-state index is 0.572. The molecule has 0 aliphatic rings. The fourth-order valence-electron chi connectivity index (χ4n) is 0. The average Bonchev–Trinajstić information content (AvgIpc) is 1.61. The Bertz CT molecular complexity index is 105. The summed E-state index contributed by atoms with van der Waals surface area (Å²) in [5.41, 5.74) is 5.38. The number of nitrogens with two attached hydrogens (primary N) is 1. The average molecular weight is 195 g/mol. The summed E-state index contributed by atoms with van der Waals surface area (Å²) in [5.74, 6) is 0. The van der Waals surface area contributed by atoms with Crippen LogP contribution in [0.4, 0.5) is 0 Å². The van der Waals surface area contributed by atoms with Crippen molar-refractivity contribution in [2.24, 2.45) is 5.73 Å². The van der Waals surface area contributed by atoms with E-state index in [1.165, 1.54) is 6.42 Å². The van der Waals surface area contributed by atoms with E-state index < -0.39 is 7.82 Å². The fourth-order valence-corrected chi connectivity index (χ4v) is 0. The molecule has 1 atom stereocenters. The number of hydrogen-bond donors (Lipinski definition) is 4. The van der Waals surface area contributed by atoms with E-state index in [0.717, 1.165) is 49.0 Å². The minimum Gasteiger partial charge on any atom is -0.303 e. The van der Waals surface area contributed by atoms with Gasteiger partial charge in [0, 0.05) is 0 Å². The van der Waals surface area contributed by atoms with E-state index in [1.54, 1.807) is 0 Å². The first-order valence-corrected chi connectivity index (χ1v) is 6.18. The van der Waals surface area contributed by atoms with Crippen LogP contribution in [0.2, 0.25) is 0 Å². The van der Waals surface area contributed by atoms with Gasteiger partial charge in [-0.2, -0.15) is 0 Å². The summed E-state index contributed by atoms with van der Waals surface area (Å²) in [7, 11) is -4.64. The van der Waals surface area contributed by atoms with Crippen LogP contribution >= 0.6 is 7.82 Å². The van der Waals surface area contributed by atoms with Gasteiger partial charge in [-0.1, -0.05) is 0 Å². The predicted molar refractivity (Wildman–Crippen MR) is 38.3 cm³/mol. The summed E-state index contributed by atoms with van der Waals surface area (Å²) >= 11 is 0.849. The normalized spacial score (nSPS) is 13.5. The number of phosphoric acid groups is 1. The van der Waals surface area contributed by atoms with Crippen LogP contribution in [-0.2, 0) is 4.57 Å². The molecular weight excluding hydrogens is 184 g/mol. The van der Waals surface area contributed by atoms with Crippen molar-refractivity contribution in [1.82, 2.24) is 0 Å². The molecule has 0 heterocycles. The van der Waals surface area contributed by atoms with Gasteiger partial charge >= 0.3 is 76.0 Å². The second-order valence-corrected chi connectivity index (χ2v) is 5.24. The third kappa shape index (κ3) is 53.6. The van der Waals surface area contributed by atoms with Gasteiger partial charge in [0.2, 0.25) is 0 Å². The minimum atomic E-state index is -4.64. The maximum absolute atomic E-state index is 8.88. The zero-order chi connectivity index (χ0) is 8.78. The van der Waals surface area contributed by atoms with Crippen molar-refractivity contribution >= 4 is 56.8 Å². The molecule has 0 aromatic heterocycles. The van der Waals surface area contributed by atoms with Crippen LogP contribution in [0.15, 0.2) is 0 Å². The van der Waals surface area contributed by atoms with Crippen LogP contribution in [-0.4, -0.2) is 63.8 Å². The predicted octanol–water partition coefficient (Wildman–Crippen LogP) is -1.08. The van der Waals surface area contributed by atoms with Gasteiger partial charge in [0.1, 0.15) is 0 Å². The molecule has 0 saturated carbocycles.